The van der Waals surface area contributed by atoms with Gasteiger partial charge >= 0.3 is 0 Å². The second-order valence-corrected chi connectivity index (χ2v) is 3.99. The first-order valence-corrected chi connectivity index (χ1v) is 5.24. The third kappa shape index (κ3) is 2.28. The van der Waals surface area contributed by atoms with Crippen molar-refractivity contribution in [2.75, 3.05) is 0 Å². The summed E-state index contributed by atoms with van der Waals surface area (Å²) >= 11 is 0. The molecule has 1 aromatic carbocycles. The first kappa shape index (κ1) is 10.8. The van der Waals surface area contributed by atoms with E-state index in [2.05, 4.69) is 10.1 Å². The standard InChI is InChI=1S/C12H15N3O/c1-9-3-4-10(2)11(5-9)12(16)6-15-8-13-7-14-15/h3-5,7-8,12,16H,6H2,1-2H3. The first-order chi connectivity index (χ1) is 7.66. The minimum absolute atomic E-state index is 0.435. The van der Waals surface area contributed by atoms with Gasteiger partial charge in [-0.2, -0.15) is 5.10 Å². The number of hydrogen-bond acceptors (Lipinski definition) is 3. The van der Waals surface area contributed by atoms with Crippen LogP contribution in [0.4, 0.5) is 0 Å². The number of aromatic nitrogens is 3. The van der Waals surface area contributed by atoms with E-state index in [9.17, 15) is 5.11 Å². The highest BCUT2D eigenvalue weighted by atomic mass is 16.3. The molecule has 0 aliphatic carbocycles. The van der Waals surface area contributed by atoms with Crippen molar-refractivity contribution in [1.29, 1.82) is 0 Å². The lowest BCUT2D eigenvalue weighted by Crippen LogP contribution is -2.10. The molecule has 2 rings (SSSR count). The van der Waals surface area contributed by atoms with Crippen molar-refractivity contribution in [2.24, 2.45) is 0 Å². The predicted octanol–water partition coefficient (Wildman–Crippen LogP) is 1.63. The van der Waals surface area contributed by atoms with Crippen LogP contribution in [0, 0.1) is 13.8 Å². The molecular formula is C12H15N3O. The molecule has 1 unspecified atom stereocenters. The largest absolute Gasteiger partial charge is 0.386 e. The van der Waals surface area contributed by atoms with Gasteiger partial charge in [0.2, 0.25) is 0 Å². The highest BCUT2D eigenvalue weighted by molar-refractivity contribution is 5.32. The molecule has 0 spiro atoms. The summed E-state index contributed by atoms with van der Waals surface area (Å²) in [7, 11) is 0. The van der Waals surface area contributed by atoms with Crippen molar-refractivity contribution >= 4 is 0 Å². The van der Waals surface area contributed by atoms with Gasteiger partial charge in [-0.15, -0.1) is 0 Å². The molecule has 0 bridgehead atoms. The number of benzene rings is 1. The van der Waals surface area contributed by atoms with Crippen LogP contribution >= 0.6 is 0 Å². The van der Waals surface area contributed by atoms with Crippen LogP contribution in [0.5, 0.6) is 0 Å². The molecule has 1 atom stereocenters. The summed E-state index contributed by atoms with van der Waals surface area (Å²) in [6.07, 6.45) is 2.53. The SMILES string of the molecule is Cc1ccc(C)c(C(O)Cn2cncn2)c1. The molecule has 0 fully saturated rings. The van der Waals surface area contributed by atoms with E-state index >= 15 is 0 Å². The smallest absolute Gasteiger partial charge is 0.137 e. The highest BCUT2D eigenvalue weighted by Gasteiger charge is 2.11. The molecule has 0 aliphatic heterocycles. The van der Waals surface area contributed by atoms with Crippen LogP contribution in [0.2, 0.25) is 0 Å². The van der Waals surface area contributed by atoms with E-state index in [1.54, 1.807) is 11.0 Å². The zero-order valence-corrected chi connectivity index (χ0v) is 9.46. The molecule has 2 aromatic rings. The Kier molecular flexibility index (Phi) is 3.01. The number of nitrogens with zero attached hydrogens (tertiary/aromatic N) is 3. The van der Waals surface area contributed by atoms with Crippen LogP contribution in [0.15, 0.2) is 30.9 Å². The van der Waals surface area contributed by atoms with E-state index < -0.39 is 6.10 Å². The Balaban J connectivity index is 2.20. The lowest BCUT2D eigenvalue weighted by Gasteiger charge is -2.14. The van der Waals surface area contributed by atoms with Gasteiger partial charge in [-0.1, -0.05) is 23.8 Å². The van der Waals surface area contributed by atoms with E-state index in [1.165, 1.54) is 6.33 Å². The maximum Gasteiger partial charge on any atom is 0.137 e. The Morgan fingerprint density at radius 2 is 2.19 bits per heavy atom. The Bertz CT molecular complexity index is 465. The van der Waals surface area contributed by atoms with E-state index in [4.69, 9.17) is 0 Å². The lowest BCUT2D eigenvalue weighted by molar-refractivity contribution is 0.150. The van der Waals surface area contributed by atoms with Gasteiger partial charge in [0.25, 0.3) is 0 Å². The second-order valence-electron chi connectivity index (χ2n) is 3.99. The third-order valence-electron chi connectivity index (χ3n) is 2.62. The minimum atomic E-state index is -0.540. The minimum Gasteiger partial charge on any atom is -0.386 e. The summed E-state index contributed by atoms with van der Waals surface area (Å²) in [5.74, 6) is 0. The van der Waals surface area contributed by atoms with Gasteiger partial charge < -0.3 is 5.11 Å². The van der Waals surface area contributed by atoms with Crippen LogP contribution in [-0.4, -0.2) is 19.9 Å². The van der Waals surface area contributed by atoms with Gasteiger partial charge in [0, 0.05) is 0 Å². The maximum atomic E-state index is 10.1. The van der Waals surface area contributed by atoms with Crippen LogP contribution < -0.4 is 0 Å². The molecule has 1 N–H and O–H groups in total. The zero-order valence-electron chi connectivity index (χ0n) is 9.46. The second kappa shape index (κ2) is 4.45. The normalized spacial score (nSPS) is 12.7. The average Bonchev–Trinajstić information content (AvgIpc) is 2.74. The van der Waals surface area contributed by atoms with Crippen molar-refractivity contribution in [2.45, 2.75) is 26.5 Å². The molecule has 4 heteroatoms. The van der Waals surface area contributed by atoms with Gasteiger partial charge in [0.1, 0.15) is 12.7 Å². The number of hydrogen-bond donors (Lipinski definition) is 1. The molecule has 0 radical (unpaired) electrons. The number of aliphatic hydroxyl groups excluding tert-OH is 1. The summed E-state index contributed by atoms with van der Waals surface area (Å²) in [6.45, 7) is 4.45. The topological polar surface area (TPSA) is 50.9 Å². The quantitative estimate of drug-likeness (QED) is 0.850. The van der Waals surface area contributed by atoms with Crippen LogP contribution in [0.25, 0.3) is 0 Å². The Morgan fingerprint density at radius 1 is 1.38 bits per heavy atom. The molecule has 16 heavy (non-hydrogen) atoms. The maximum absolute atomic E-state index is 10.1. The third-order valence-corrected chi connectivity index (χ3v) is 2.62. The van der Waals surface area contributed by atoms with Crippen molar-refractivity contribution in [1.82, 2.24) is 14.8 Å². The van der Waals surface area contributed by atoms with Crippen molar-refractivity contribution in [3.63, 3.8) is 0 Å². The van der Waals surface area contributed by atoms with E-state index in [-0.39, 0.29) is 0 Å². The molecule has 0 saturated heterocycles. The Labute approximate surface area is 94.6 Å². The number of rotatable bonds is 3. The predicted molar refractivity (Wildman–Crippen MR) is 60.9 cm³/mol. The van der Waals surface area contributed by atoms with E-state index in [0.29, 0.717) is 6.54 Å². The molecule has 0 aliphatic rings. The molecule has 84 valence electrons. The number of aliphatic hydroxyl groups is 1. The Morgan fingerprint density at radius 3 is 2.88 bits per heavy atom. The molecule has 0 amide bonds. The van der Waals surface area contributed by atoms with Gasteiger partial charge in [-0.3, -0.25) is 4.68 Å². The van der Waals surface area contributed by atoms with Crippen LogP contribution in [0.3, 0.4) is 0 Å². The summed E-state index contributed by atoms with van der Waals surface area (Å²) < 4.78 is 1.63. The summed E-state index contributed by atoms with van der Waals surface area (Å²) in [5.41, 5.74) is 3.20. The van der Waals surface area contributed by atoms with Gasteiger partial charge in [0.15, 0.2) is 0 Å². The van der Waals surface area contributed by atoms with Gasteiger partial charge in [-0.05, 0) is 25.0 Å². The highest BCUT2D eigenvalue weighted by Crippen LogP contribution is 2.20. The molecule has 4 nitrogen and oxygen atoms in total. The molecule has 0 saturated carbocycles. The monoisotopic (exact) mass is 217 g/mol. The summed E-state index contributed by atoms with van der Waals surface area (Å²) in [4.78, 5) is 3.85. The van der Waals surface area contributed by atoms with Gasteiger partial charge in [0.05, 0.1) is 12.6 Å². The van der Waals surface area contributed by atoms with E-state index in [0.717, 1.165) is 16.7 Å². The fourth-order valence-corrected chi connectivity index (χ4v) is 1.72. The first-order valence-electron chi connectivity index (χ1n) is 5.24. The average molecular weight is 217 g/mol. The molecule has 1 heterocycles. The van der Waals surface area contributed by atoms with Crippen LogP contribution in [0.1, 0.15) is 22.8 Å². The molecule has 1 aromatic heterocycles. The van der Waals surface area contributed by atoms with Gasteiger partial charge in [-0.25, -0.2) is 4.98 Å². The van der Waals surface area contributed by atoms with Crippen molar-refractivity contribution < 1.29 is 5.11 Å². The fourth-order valence-electron chi connectivity index (χ4n) is 1.72. The van der Waals surface area contributed by atoms with Crippen LogP contribution in [-0.2, 0) is 6.54 Å². The summed E-state index contributed by atoms with van der Waals surface area (Å²) in [6, 6.07) is 6.08. The van der Waals surface area contributed by atoms with Crippen molar-refractivity contribution in [3.05, 3.63) is 47.5 Å². The summed E-state index contributed by atoms with van der Waals surface area (Å²) in [5, 5.41) is 14.1. The lowest BCUT2D eigenvalue weighted by atomic mass is 10.0. The molecular weight excluding hydrogens is 202 g/mol. The zero-order chi connectivity index (χ0) is 11.5. The Hall–Kier alpha value is -1.68. The van der Waals surface area contributed by atoms with Crippen molar-refractivity contribution in [3.8, 4) is 0 Å². The fraction of sp³-hybridized carbons (Fsp3) is 0.333. The number of aryl methyl sites for hydroxylation is 2. The van der Waals surface area contributed by atoms with E-state index in [1.807, 2.05) is 32.0 Å².